The minimum Gasteiger partial charge on any atom is -0.310 e. The Bertz CT molecular complexity index is 1010. The number of benzene rings is 1. The van der Waals surface area contributed by atoms with Gasteiger partial charge in [0, 0.05) is 23.9 Å². The standard InChI is InChI=1S/C21H22N4O2/c1-14(2)19-22-15(3)12-18(23-19)24-20(26)17-10-7-11-25(21(17)27)13-16-8-5-4-6-9-16/h4-12,14H,13H2,1-3H3,(H,22,23,24,26). The van der Waals surface area contributed by atoms with E-state index in [1.165, 1.54) is 10.6 Å². The van der Waals surface area contributed by atoms with Gasteiger partial charge < -0.3 is 9.88 Å². The summed E-state index contributed by atoms with van der Waals surface area (Å²) in [6.07, 6.45) is 1.68. The molecule has 1 N–H and O–H groups in total. The fraction of sp³-hybridized carbons (Fsp3) is 0.238. The van der Waals surface area contributed by atoms with Crippen molar-refractivity contribution in [1.29, 1.82) is 0 Å². The second-order valence-corrected chi connectivity index (χ2v) is 6.70. The van der Waals surface area contributed by atoms with Gasteiger partial charge in [-0.3, -0.25) is 9.59 Å². The van der Waals surface area contributed by atoms with E-state index in [0.717, 1.165) is 11.3 Å². The number of aryl methyl sites for hydroxylation is 1. The van der Waals surface area contributed by atoms with Crippen molar-refractivity contribution in [3.8, 4) is 0 Å². The van der Waals surface area contributed by atoms with E-state index in [1.54, 1.807) is 18.3 Å². The molecule has 138 valence electrons. The zero-order chi connectivity index (χ0) is 19.4. The molecule has 0 fully saturated rings. The number of anilines is 1. The van der Waals surface area contributed by atoms with E-state index < -0.39 is 5.91 Å². The van der Waals surface area contributed by atoms with Gasteiger partial charge in [0.1, 0.15) is 17.2 Å². The van der Waals surface area contributed by atoms with Crippen LogP contribution in [0.1, 0.15) is 47.2 Å². The molecule has 1 aromatic carbocycles. The Hall–Kier alpha value is -3.28. The molecule has 0 saturated carbocycles. The van der Waals surface area contributed by atoms with Crippen molar-refractivity contribution in [3.63, 3.8) is 0 Å². The van der Waals surface area contributed by atoms with E-state index in [2.05, 4.69) is 15.3 Å². The van der Waals surface area contributed by atoms with Crippen LogP contribution in [0.3, 0.4) is 0 Å². The molecule has 0 saturated heterocycles. The molecule has 0 aliphatic heterocycles. The molecule has 6 heteroatoms. The van der Waals surface area contributed by atoms with Gasteiger partial charge in [-0.25, -0.2) is 9.97 Å². The highest BCUT2D eigenvalue weighted by atomic mass is 16.2. The van der Waals surface area contributed by atoms with Gasteiger partial charge in [-0.2, -0.15) is 0 Å². The van der Waals surface area contributed by atoms with E-state index in [0.29, 0.717) is 18.2 Å². The Balaban J connectivity index is 1.85. The van der Waals surface area contributed by atoms with E-state index >= 15 is 0 Å². The largest absolute Gasteiger partial charge is 0.310 e. The summed E-state index contributed by atoms with van der Waals surface area (Å²) in [7, 11) is 0. The average Bonchev–Trinajstić information content (AvgIpc) is 2.63. The van der Waals surface area contributed by atoms with Gasteiger partial charge in [0.25, 0.3) is 11.5 Å². The van der Waals surface area contributed by atoms with Crippen molar-refractivity contribution in [2.75, 3.05) is 5.32 Å². The number of rotatable bonds is 5. The summed E-state index contributed by atoms with van der Waals surface area (Å²) in [4.78, 5) is 34.1. The molecule has 6 nitrogen and oxygen atoms in total. The predicted molar refractivity (Wildman–Crippen MR) is 105 cm³/mol. The van der Waals surface area contributed by atoms with Crippen LogP contribution >= 0.6 is 0 Å². The van der Waals surface area contributed by atoms with Crippen LogP contribution in [-0.4, -0.2) is 20.4 Å². The molecule has 0 aliphatic carbocycles. The van der Waals surface area contributed by atoms with Crippen molar-refractivity contribution >= 4 is 11.7 Å². The Kier molecular flexibility index (Phi) is 5.45. The molecule has 0 atom stereocenters. The van der Waals surface area contributed by atoms with Gasteiger partial charge in [0.05, 0.1) is 6.54 Å². The maximum Gasteiger partial charge on any atom is 0.263 e. The zero-order valence-electron chi connectivity index (χ0n) is 15.6. The molecule has 3 aromatic rings. The Morgan fingerprint density at radius 3 is 2.56 bits per heavy atom. The lowest BCUT2D eigenvalue weighted by Crippen LogP contribution is -2.29. The van der Waals surface area contributed by atoms with Crippen LogP contribution in [0.15, 0.2) is 59.5 Å². The number of carbonyl (C=O) groups excluding carboxylic acids is 1. The monoisotopic (exact) mass is 362 g/mol. The maximum atomic E-state index is 12.7. The van der Waals surface area contributed by atoms with Crippen LogP contribution in [-0.2, 0) is 6.54 Å². The predicted octanol–water partition coefficient (Wildman–Crippen LogP) is 3.37. The van der Waals surface area contributed by atoms with Crippen LogP contribution in [0, 0.1) is 6.92 Å². The molecule has 0 spiro atoms. The van der Waals surface area contributed by atoms with Gasteiger partial charge in [0.15, 0.2) is 0 Å². The minimum atomic E-state index is -0.477. The second kappa shape index (κ2) is 7.95. The normalized spacial score (nSPS) is 10.8. The number of pyridine rings is 1. The van der Waals surface area contributed by atoms with Crippen LogP contribution < -0.4 is 10.9 Å². The summed E-state index contributed by atoms with van der Waals surface area (Å²) in [6, 6.07) is 14.6. The quantitative estimate of drug-likeness (QED) is 0.755. The zero-order valence-corrected chi connectivity index (χ0v) is 15.6. The first-order valence-electron chi connectivity index (χ1n) is 8.84. The highest BCUT2D eigenvalue weighted by Crippen LogP contribution is 2.14. The average molecular weight is 362 g/mol. The van der Waals surface area contributed by atoms with Crippen LogP contribution in [0.25, 0.3) is 0 Å². The van der Waals surface area contributed by atoms with Crippen LogP contribution in [0.2, 0.25) is 0 Å². The Morgan fingerprint density at radius 2 is 1.85 bits per heavy atom. The van der Waals surface area contributed by atoms with E-state index in [9.17, 15) is 9.59 Å². The number of nitrogens with zero attached hydrogens (tertiary/aromatic N) is 3. The van der Waals surface area contributed by atoms with Crippen LogP contribution in [0.5, 0.6) is 0 Å². The minimum absolute atomic E-state index is 0.0794. The first-order chi connectivity index (χ1) is 12.9. The third-order valence-electron chi connectivity index (χ3n) is 4.09. The fourth-order valence-corrected chi connectivity index (χ4v) is 2.71. The molecule has 0 bridgehead atoms. The highest BCUT2D eigenvalue weighted by molar-refractivity contribution is 6.03. The second-order valence-electron chi connectivity index (χ2n) is 6.70. The highest BCUT2D eigenvalue weighted by Gasteiger charge is 2.14. The molecule has 0 aliphatic rings. The molecule has 2 heterocycles. The maximum absolute atomic E-state index is 12.7. The third-order valence-corrected chi connectivity index (χ3v) is 4.09. The number of hydrogen-bond donors (Lipinski definition) is 1. The number of aromatic nitrogens is 3. The summed E-state index contributed by atoms with van der Waals surface area (Å²) in [5, 5.41) is 2.72. The topological polar surface area (TPSA) is 76.9 Å². The summed E-state index contributed by atoms with van der Waals surface area (Å²) in [5.41, 5.74) is 1.49. The fourth-order valence-electron chi connectivity index (χ4n) is 2.71. The van der Waals surface area contributed by atoms with Gasteiger partial charge in [0.2, 0.25) is 0 Å². The van der Waals surface area contributed by atoms with Gasteiger partial charge >= 0.3 is 0 Å². The van der Waals surface area contributed by atoms with Crippen molar-refractivity contribution in [2.45, 2.75) is 33.2 Å². The van der Waals surface area contributed by atoms with Crippen molar-refractivity contribution < 1.29 is 4.79 Å². The molecule has 0 unspecified atom stereocenters. The summed E-state index contributed by atoms with van der Waals surface area (Å²) >= 11 is 0. The van der Waals surface area contributed by atoms with E-state index in [4.69, 9.17) is 0 Å². The number of carbonyl (C=O) groups is 1. The number of hydrogen-bond acceptors (Lipinski definition) is 4. The lowest BCUT2D eigenvalue weighted by Gasteiger charge is -2.11. The third kappa shape index (κ3) is 4.47. The Labute approximate surface area is 157 Å². The smallest absolute Gasteiger partial charge is 0.263 e. The molecule has 2 aromatic heterocycles. The van der Waals surface area contributed by atoms with Gasteiger partial charge in [-0.1, -0.05) is 44.2 Å². The molecule has 3 rings (SSSR count). The van der Waals surface area contributed by atoms with E-state index in [1.807, 2.05) is 51.1 Å². The van der Waals surface area contributed by atoms with Crippen molar-refractivity contribution in [3.05, 3.63) is 87.7 Å². The molecular formula is C21H22N4O2. The Morgan fingerprint density at radius 1 is 1.11 bits per heavy atom. The lowest BCUT2D eigenvalue weighted by atomic mass is 10.2. The number of nitrogens with one attached hydrogen (secondary N) is 1. The number of amides is 1. The molecular weight excluding hydrogens is 340 g/mol. The first kappa shape index (κ1) is 18.5. The molecule has 27 heavy (non-hydrogen) atoms. The summed E-state index contributed by atoms with van der Waals surface area (Å²) in [5.74, 6) is 0.713. The molecule has 1 amide bonds. The first-order valence-corrected chi connectivity index (χ1v) is 8.84. The van der Waals surface area contributed by atoms with Crippen molar-refractivity contribution in [1.82, 2.24) is 14.5 Å². The van der Waals surface area contributed by atoms with Crippen molar-refractivity contribution in [2.24, 2.45) is 0 Å². The van der Waals surface area contributed by atoms with Crippen LogP contribution in [0.4, 0.5) is 5.82 Å². The summed E-state index contributed by atoms with van der Waals surface area (Å²) < 4.78 is 1.52. The van der Waals surface area contributed by atoms with Gasteiger partial charge in [-0.15, -0.1) is 0 Å². The lowest BCUT2D eigenvalue weighted by molar-refractivity contribution is 0.102. The van der Waals surface area contributed by atoms with Gasteiger partial charge in [-0.05, 0) is 24.6 Å². The molecule has 0 radical (unpaired) electrons. The van der Waals surface area contributed by atoms with E-state index in [-0.39, 0.29) is 17.0 Å². The SMILES string of the molecule is Cc1cc(NC(=O)c2cccn(Cc3ccccc3)c2=O)nc(C(C)C)n1. The summed E-state index contributed by atoms with van der Waals surface area (Å²) in [6.45, 7) is 6.23.